The quantitative estimate of drug-likeness (QED) is 0.690. The normalized spacial score (nSPS) is 26.9. The van der Waals surface area contributed by atoms with Crippen molar-refractivity contribution in [2.75, 3.05) is 13.7 Å². The minimum atomic E-state index is -4.33. The topological polar surface area (TPSA) is 38.3 Å². The Balaban J connectivity index is 0.00000169. The van der Waals surface area contributed by atoms with E-state index in [-0.39, 0.29) is 25.4 Å². The molecule has 0 aliphatic carbocycles. The van der Waals surface area contributed by atoms with Gasteiger partial charge in [-0.05, 0) is 13.0 Å². The van der Waals surface area contributed by atoms with Crippen LogP contribution in [0.15, 0.2) is 0 Å². The molecule has 0 radical (unpaired) electrons. The molecular weight excluding hydrogens is 223 g/mol. The highest BCUT2D eigenvalue weighted by Gasteiger charge is 2.50. The van der Waals surface area contributed by atoms with E-state index in [1.165, 1.54) is 0 Å². The largest absolute Gasteiger partial charge is 0.468 e. The van der Waals surface area contributed by atoms with E-state index in [0.717, 1.165) is 7.11 Å². The number of rotatable bonds is 1. The van der Waals surface area contributed by atoms with Gasteiger partial charge in [0, 0.05) is 0 Å². The molecule has 0 saturated carbocycles. The Bertz CT molecular complexity index is 210. The highest BCUT2D eigenvalue weighted by molar-refractivity contribution is 5.85. The van der Waals surface area contributed by atoms with Gasteiger partial charge in [0.05, 0.1) is 13.0 Å². The van der Waals surface area contributed by atoms with Gasteiger partial charge in [-0.2, -0.15) is 13.2 Å². The summed E-state index contributed by atoms with van der Waals surface area (Å²) < 4.78 is 41.0. The molecule has 1 N–H and O–H groups in total. The fourth-order valence-electron chi connectivity index (χ4n) is 1.43. The van der Waals surface area contributed by atoms with Crippen molar-refractivity contribution in [1.29, 1.82) is 0 Å². The van der Waals surface area contributed by atoms with E-state index in [4.69, 9.17) is 0 Å². The summed E-state index contributed by atoms with van der Waals surface area (Å²) >= 11 is 0. The van der Waals surface area contributed by atoms with Crippen molar-refractivity contribution >= 4 is 18.4 Å². The Morgan fingerprint density at radius 2 is 2.07 bits per heavy atom. The third kappa shape index (κ3) is 2.75. The second-order valence-corrected chi connectivity index (χ2v) is 2.89. The number of hydrogen-bond acceptors (Lipinski definition) is 3. The summed E-state index contributed by atoms with van der Waals surface area (Å²) in [6.07, 6.45) is -4.40. The van der Waals surface area contributed by atoms with Crippen LogP contribution < -0.4 is 5.32 Å². The van der Waals surface area contributed by atoms with E-state index < -0.39 is 24.1 Å². The van der Waals surface area contributed by atoms with Gasteiger partial charge in [0.25, 0.3) is 0 Å². The Morgan fingerprint density at radius 1 is 1.50 bits per heavy atom. The van der Waals surface area contributed by atoms with E-state index >= 15 is 0 Å². The van der Waals surface area contributed by atoms with Crippen molar-refractivity contribution < 1.29 is 22.7 Å². The van der Waals surface area contributed by atoms with Crippen molar-refractivity contribution in [3.05, 3.63) is 0 Å². The monoisotopic (exact) mass is 233 g/mol. The first-order valence-electron chi connectivity index (χ1n) is 3.84. The zero-order chi connectivity index (χ0) is 10.1. The lowest BCUT2D eigenvalue weighted by molar-refractivity contribution is -0.184. The van der Waals surface area contributed by atoms with Crippen molar-refractivity contribution in [2.45, 2.75) is 18.6 Å². The lowest BCUT2D eigenvalue weighted by Gasteiger charge is -2.19. The van der Waals surface area contributed by atoms with Crippen molar-refractivity contribution in [1.82, 2.24) is 5.32 Å². The average molecular weight is 234 g/mol. The van der Waals surface area contributed by atoms with Gasteiger partial charge < -0.3 is 10.1 Å². The summed E-state index contributed by atoms with van der Waals surface area (Å²) in [7, 11) is 1.08. The molecule has 84 valence electrons. The van der Waals surface area contributed by atoms with E-state index in [1.807, 2.05) is 0 Å². The van der Waals surface area contributed by atoms with Gasteiger partial charge in [-0.25, -0.2) is 0 Å². The van der Waals surface area contributed by atoms with Gasteiger partial charge >= 0.3 is 12.1 Å². The maximum atomic E-state index is 12.3. The maximum Gasteiger partial charge on any atom is 0.393 e. The number of carbonyl (C=O) groups excluding carboxylic acids is 1. The zero-order valence-electron chi connectivity index (χ0n) is 7.43. The number of ether oxygens (including phenoxy) is 1. The first-order chi connectivity index (χ1) is 5.96. The number of nitrogens with one attached hydrogen (secondary N) is 1. The molecule has 0 aromatic rings. The lowest BCUT2D eigenvalue weighted by atomic mass is 10.0. The molecular formula is C7H11ClF3NO2. The number of esters is 1. The van der Waals surface area contributed by atoms with Gasteiger partial charge in [0.1, 0.15) is 6.04 Å². The molecule has 1 rings (SSSR count). The molecule has 0 bridgehead atoms. The Morgan fingerprint density at radius 3 is 2.50 bits per heavy atom. The highest BCUT2D eigenvalue weighted by Crippen LogP contribution is 2.34. The second-order valence-electron chi connectivity index (χ2n) is 2.89. The molecule has 1 heterocycles. The maximum absolute atomic E-state index is 12.3. The Hall–Kier alpha value is -0.490. The van der Waals surface area contributed by atoms with E-state index in [1.54, 1.807) is 0 Å². The van der Waals surface area contributed by atoms with Gasteiger partial charge in [-0.1, -0.05) is 0 Å². The van der Waals surface area contributed by atoms with Crippen LogP contribution in [-0.2, 0) is 9.53 Å². The highest BCUT2D eigenvalue weighted by atomic mass is 35.5. The summed E-state index contributed by atoms with van der Waals surface area (Å²) in [5, 5.41) is 2.47. The SMILES string of the molecule is COC(=O)[C@@H]1NCC[C@H]1C(F)(F)F.Cl. The Labute approximate surface area is 85.4 Å². The van der Waals surface area contributed by atoms with Crippen LogP contribution in [0.1, 0.15) is 6.42 Å². The van der Waals surface area contributed by atoms with Gasteiger partial charge in [0.2, 0.25) is 0 Å². The first-order valence-corrected chi connectivity index (χ1v) is 3.84. The van der Waals surface area contributed by atoms with E-state index in [0.29, 0.717) is 0 Å². The first kappa shape index (κ1) is 13.5. The number of hydrogen-bond donors (Lipinski definition) is 1. The molecule has 1 aliphatic rings. The average Bonchev–Trinajstić information content (AvgIpc) is 2.49. The Kier molecular flexibility index (Phi) is 4.67. The van der Waals surface area contributed by atoms with Crippen LogP contribution in [0.4, 0.5) is 13.2 Å². The molecule has 0 spiro atoms. The molecule has 7 heteroatoms. The second kappa shape index (κ2) is 4.84. The molecule has 0 unspecified atom stereocenters. The number of alkyl halides is 3. The molecule has 0 aromatic carbocycles. The van der Waals surface area contributed by atoms with Gasteiger partial charge in [-0.15, -0.1) is 12.4 Å². The lowest BCUT2D eigenvalue weighted by Crippen LogP contribution is -2.42. The van der Waals surface area contributed by atoms with Crippen molar-refractivity contribution in [3.8, 4) is 0 Å². The third-order valence-electron chi connectivity index (χ3n) is 2.10. The summed E-state index contributed by atoms with van der Waals surface area (Å²) in [5.41, 5.74) is 0. The predicted molar refractivity (Wildman–Crippen MR) is 45.2 cm³/mol. The van der Waals surface area contributed by atoms with Crippen LogP contribution in [0.3, 0.4) is 0 Å². The summed E-state index contributed by atoms with van der Waals surface area (Å²) in [5.74, 6) is -2.46. The standard InChI is InChI=1S/C7H10F3NO2.ClH/c1-13-6(12)5-4(2-3-11-5)7(8,9)10;/h4-5,11H,2-3H2,1H3;1H/t4-,5-;/m1./s1. The molecule has 0 aromatic heterocycles. The number of halogens is 4. The van der Waals surface area contributed by atoms with Crippen molar-refractivity contribution in [3.63, 3.8) is 0 Å². The molecule has 1 aliphatic heterocycles. The number of carbonyl (C=O) groups is 1. The predicted octanol–water partition coefficient (Wildman–Crippen LogP) is 1.12. The minimum Gasteiger partial charge on any atom is -0.468 e. The fraction of sp³-hybridized carbons (Fsp3) is 0.857. The smallest absolute Gasteiger partial charge is 0.393 e. The van der Waals surface area contributed by atoms with Gasteiger partial charge in [-0.3, -0.25) is 4.79 Å². The van der Waals surface area contributed by atoms with Crippen LogP contribution >= 0.6 is 12.4 Å². The van der Waals surface area contributed by atoms with E-state index in [2.05, 4.69) is 10.1 Å². The number of methoxy groups -OCH3 is 1. The fourth-order valence-corrected chi connectivity index (χ4v) is 1.43. The molecule has 2 atom stereocenters. The molecule has 0 amide bonds. The molecule has 3 nitrogen and oxygen atoms in total. The summed E-state index contributed by atoms with van der Waals surface area (Å²) in [4.78, 5) is 10.9. The van der Waals surface area contributed by atoms with Crippen LogP contribution in [0.25, 0.3) is 0 Å². The molecule has 1 fully saturated rings. The summed E-state index contributed by atoms with van der Waals surface area (Å²) in [6, 6.07) is -1.23. The van der Waals surface area contributed by atoms with Crippen LogP contribution in [-0.4, -0.2) is 31.8 Å². The third-order valence-corrected chi connectivity index (χ3v) is 2.10. The van der Waals surface area contributed by atoms with Crippen LogP contribution in [0, 0.1) is 5.92 Å². The van der Waals surface area contributed by atoms with Crippen LogP contribution in [0.5, 0.6) is 0 Å². The van der Waals surface area contributed by atoms with Crippen molar-refractivity contribution in [2.24, 2.45) is 5.92 Å². The minimum absolute atomic E-state index is 0. The molecule has 14 heavy (non-hydrogen) atoms. The van der Waals surface area contributed by atoms with E-state index in [9.17, 15) is 18.0 Å². The molecule has 1 saturated heterocycles. The summed E-state index contributed by atoms with van der Waals surface area (Å²) in [6.45, 7) is 0.198. The van der Waals surface area contributed by atoms with Gasteiger partial charge in [0.15, 0.2) is 0 Å². The zero-order valence-corrected chi connectivity index (χ0v) is 8.24. The van der Waals surface area contributed by atoms with Crippen LogP contribution in [0.2, 0.25) is 0 Å².